The van der Waals surface area contributed by atoms with Gasteiger partial charge in [0.1, 0.15) is 0 Å². The molecular weight excluding hydrogens is 292 g/mol. The molecule has 132 valence electrons. The largest absolute Gasteiger partial charge is 0.381 e. The lowest BCUT2D eigenvalue weighted by molar-refractivity contribution is -0.00523. The zero-order chi connectivity index (χ0) is 16.3. The molecule has 3 heterocycles. The summed E-state index contributed by atoms with van der Waals surface area (Å²) in [6, 6.07) is 0. The van der Waals surface area contributed by atoms with Gasteiger partial charge in [0.05, 0.1) is 6.61 Å². The number of nitrogens with one attached hydrogen (secondary N) is 1. The molecule has 3 aliphatic heterocycles. The van der Waals surface area contributed by atoms with Gasteiger partial charge in [0.15, 0.2) is 5.96 Å². The molecule has 0 radical (unpaired) electrons. The number of rotatable bonds is 3. The van der Waals surface area contributed by atoms with Crippen LogP contribution in [0.1, 0.15) is 25.7 Å². The molecule has 23 heavy (non-hydrogen) atoms. The average molecular weight is 324 g/mol. The minimum Gasteiger partial charge on any atom is -0.381 e. The number of likely N-dealkylation sites (tertiary alicyclic amines) is 1. The number of likely N-dealkylation sites (N-methyl/N-ethyl adjacent to an activating group) is 1. The highest BCUT2D eigenvalue weighted by molar-refractivity contribution is 5.80. The molecule has 3 saturated heterocycles. The van der Waals surface area contributed by atoms with Crippen molar-refractivity contribution in [3.8, 4) is 0 Å². The first-order valence-corrected chi connectivity index (χ1v) is 8.88. The molecule has 0 amide bonds. The maximum absolute atomic E-state index is 5.64. The van der Waals surface area contributed by atoms with E-state index < -0.39 is 0 Å². The predicted octanol–water partition coefficient (Wildman–Crippen LogP) is 0.785. The van der Waals surface area contributed by atoms with Gasteiger partial charge in [-0.1, -0.05) is 0 Å². The van der Waals surface area contributed by atoms with Crippen LogP contribution in [0.4, 0.5) is 0 Å². The van der Waals surface area contributed by atoms with Crippen molar-refractivity contribution < 1.29 is 9.47 Å². The van der Waals surface area contributed by atoms with Crippen LogP contribution in [0.25, 0.3) is 0 Å². The highest BCUT2D eigenvalue weighted by atomic mass is 16.5. The van der Waals surface area contributed by atoms with Gasteiger partial charge in [-0.2, -0.15) is 0 Å². The lowest BCUT2D eigenvalue weighted by atomic mass is 9.87. The van der Waals surface area contributed by atoms with Crippen molar-refractivity contribution in [2.45, 2.75) is 31.2 Å². The highest BCUT2D eigenvalue weighted by Crippen LogP contribution is 2.38. The number of hydrogen-bond donors (Lipinski definition) is 1. The van der Waals surface area contributed by atoms with Crippen LogP contribution in [-0.2, 0) is 9.47 Å². The Hall–Kier alpha value is -0.850. The van der Waals surface area contributed by atoms with Crippen molar-refractivity contribution in [3.63, 3.8) is 0 Å². The second kappa shape index (κ2) is 6.95. The predicted molar refractivity (Wildman–Crippen MR) is 91.9 cm³/mol. The van der Waals surface area contributed by atoms with Gasteiger partial charge in [-0.15, -0.1) is 0 Å². The molecule has 6 heteroatoms. The first-order chi connectivity index (χ1) is 11.1. The fourth-order valence-corrected chi connectivity index (χ4v) is 4.20. The summed E-state index contributed by atoms with van der Waals surface area (Å²) >= 11 is 0. The molecule has 1 N–H and O–H groups in total. The van der Waals surface area contributed by atoms with E-state index in [1.165, 1.54) is 12.8 Å². The normalized spacial score (nSPS) is 31.3. The van der Waals surface area contributed by atoms with Gasteiger partial charge in [-0.25, -0.2) is 0 Å². The molecule has 0 aromatic carbocycles. The molecule has 3 aliphatic rings. The number of guanidine groups is 1. The summed E-state index contributed by atoms with van der Waals surface area (Å²) in [5.74, 6) is 1.04. The summed E-state index contributed by atoms with van der Waals surface area (Å²) in [6.45, 7) is 6.62. The molecule has 3 rings (SSSR count). The maximum atomic E-state index is 5.64. The third kappa shape index (κ3) is 3.49. The minimum atomic E-state index is 0.169. The van der Waals surface area contributed by atoms with E-state index in [-0.39, 0.29) is 5.54 Å². The van der Waals surface area contributed by atoms with E-state index in [4.69, 9.17) is 9.47 Å². The van der Waals surface area contributed by atoms with Crippen molar-refractivity contribution in [2.24, 2.45) is 10.4 Å². The molecule has 0 aromatic rings. The van der Waals surface area contributed by atoms with Crippen LogP contribution in [0.5, 0.6) is 0 Å². The highest BCUT2D eigenvalue weighted by Gasteiger charge is 2.42. The zero-order valence-corrected chi connectivity index (χ0v) is 14.9. The lowest BCUT2D eigenvalue weighted by Gasteiger charge is -2.43. The number of nitrogens with zero attached hydrogens (tertiary/aromatic N) is 3. The molecule has 6 nitrogen and oxygen atoms in total. The summed E-state index contributed by atoms with van der Waals surface area (Å²) < 4.78 is 11.2. The van der Waals surface area contributed by atoms with E-state index >= 15 is 0 Å². The van der Waals surface area contributed by atoms with Gasteiger partial charge in [0, 0.05) is 57.5 Å². The molecule has 3 fully saturated rings. The van der Waals surface area contributed by atoms with Crippen molar-refractivity contribution in [1.82, 2.24) is 15.1 Å². The quantitative estimate of drug-likeness (QED) is 0.614. The summed E-state index contributed by atoms with van der Waals surface area (Å²) in [7, 11) is 6.25. The molecule has 1 unspecified atom stereocenters. The van der Waals surface area contributed by atoms with E-state index in [1.54, 1.807) is 0 Å². The van der Waals surface area contributed by atoms with Crippen LogP contribution in [0.3, 0.4) is 0 Å². The second-order valence-corrected chi connectivity index (χ2v) is 7.61. The third-order valence-electron chi connectivity index (χ3n) is 6.08. The van der Waals surface area contributed by atoms with Crippen LogP contribution >= 0.6 is 0 Å². The summed E-state index contributed by atoms with van der Waals surface area (Å²) in [6.07, 6.45) is 4.56. The molecule has 1 atom stereocenters. The maximum Gasteiger partial charge on any atom is 0.193 e. The Morgan fingerprint density at radius 1 is 1.13 bits per heavy atom. The van der Waals surface area contributed by atoms with E-state index in [0.717, 1.165) is 64.9 Å². The van der Waals surface area contributed by atoms with Gasteiger partial charge < -0.3 is 24.6 Å². The van der Waals surface area contributed by atoms with Gasteiger partial charge >= 0.3 is 0 Å². The topological polar surface area (TPSA) is 49.3 Å². The minimum absolute atomic E-state index is 0.169. The molecule has 1 spiro atoms. The Kier molecular flexibility index (Phi) is 5.13. The number of aliphatic imine (C=N–C) groups is 1. The molecule has 0 saturated carbocycles. The second-order valence-electron chi connectivity index (χ2n) is 7.61. The van der Waals surface area contributed by atoms with Crippen LogP contribution in [-0.4, -0.2) is 88.5 Å². The Balaban J connectivity index is 1.59. The molecule has 0 bridgehead atoms. The monoisotopic (exact) mass is 324 g/mol. The Labute approximate surface area is 140 Å². The van der Waals surface area contributed by atoms with Gasteiger partial charge in [0.2, 0.25) is 0 Å². The van der Waals surface area contributed by atoms with Crippen molar-refractivity contribution >= 4 is 5.96 Å². The third-order valence-corrected chi connectivity index (χ3v) is 6.08. The van der Waals surface area contributed by atoms with Gasteiger partial charge in [-0.05, 0) is 39.8 Å². The van der Waals surface area contributed by atoms with E-state index in [0.29, 0.717) is 5.41 Å². The Morgan fingerprint density at radius 3 is 2.48 bits per heavy atom. The van der Waals surface area contributed by atoms with E-state index in [1.807, 2.05) is 7.05 Å². The Morgan fingerprint density at radius 2 is 1.87 bits per heavy atom. The molecule has 0 aromatic heterocycles. The van der Waals surface area contributed by atoms with Crippen molar-refractivity contribution in [1.29, 1.82) is 0 Å². The van der Waals surface area contributed by atoms with Crippen molar-refractivity contribution in [3.05, 3.63) is 0 Å². The molecule has 0 aliphatic carbocycles. The van der Waals surface area contributed by atoms with Crippen molar-refractivity contribution in [2.75, 3.05) is 67.2 Å². The van der Waals surface area contributed by atoms with Crippen LogP contribution in [0, 0.1) is 5.41 Å². The number of hydrogen-bond acceptors (Lipinski definition) is 4. The van der Waals surface area contributed by atoms with E-state index in [9.17, 15) is 0 Å². The van der Waals surface area contributed by atoms with Crippen LogP contribution in [0.15, 0.2) is 4.99 Å². The fraction of sp³-hybridized carbons (Fsp3) is 0.941. The average Bonchev–Trinajstić information content (AvgIpc) is 3.19. The molecular formula is C17H32N4O2. The zero-order valence-electron chi connectivity index (χ0n) is 14.9. The summed E-state index contributed by atoms with van der Waals surface area (Å²) in [5.41, 5.74) is 0.539. The standard InChI is InChI=1S/C17H32N4O2/c1-18-15(21-8-4-16(13-21)5-9-23-14-16)19-12-17(20(2)3)6-10-22-11-7-17/h4-14H2,1-3H3,(H,18,19). The van der Waals surface area contributed by atoms with Crippen LogP contribution in [0.2, 0.25) is 0 Å². The fourth-order valence-electron chi connectivity index (χ4n) is 4.20. The first kappa shape index (κ1) is 17.0. The summed E-state index contributed by atoms with van der Waals surface area (Å²) in [4.78, 5) is 9.31. The smallest absolute Gasteiger partial charge is 0.193 e. The number of ether oxygens (including phenoxy) is 2. The Bertz CT molecular complexity index is 426. The van der Waals surface area contributed by atoms with Gasteiger partial charge in [-0.3, -0.25) is 4.99 Å². The van der Waals surface area contributed by atoms with Crippen LogP contribution < -0.4 is 5.32 Å². The lowest BCUT2D eigenvalue weighted by Crippen LogP contribution is -2.57. The summed E-state index contributed by atoms with van der Waals surface area (Å²) in [5, 5.41) is 3.65. The van der Waals surface area contributed by atoms with Gasteiger partial charge in [0.25, 0.3) is 0 Å². The SMILES string of the molecule is CN=C(NCC1(N(C)C)CCOCC1)N1CCC2(CCOC2)C1. The van der Waals surface area contributed by atoms with E-state index in [2.05, 4.69) is 34.2 Å². The first-order valence-electron chi connectivity index (χ1n) is 8.88.